The first-order valence-electron chi connectivity index (χ1n) is 6.10. The Morgan fingerprint density at radius 3 is 2.58 bits per heavy atom. The summed E-state index contributed by atoms with van der Waals surface area (Å²) in [5, 5.41) is 3.20. The summed E-state index contributed by atoms with van der Waals surface area (Å²) in [6.07, 6.45) is 0. The van der Waals surface area contributed by atoms with Crippen LogP contribution in [0, 0.1) is 5.82 Å². The van der Waals surface area contributed by atoms with E-state index in [1.165, 1.54) is 13.2 Å². The van der Waals surface area contributed by atoms with E-state index in [4.69, 9.17) is 4.74 Å². The van der Waals surface area contributed by atoms with Crippen LogP contribution in [-0.2, 0) is 0 Å². The van der Waals surface area contributed by atoms with Crippen LogP contribution < -0.4 is 10.1 Å². The number of halogens is 3. The number of nitrogens with zero attached hydrogens (tertiary/aromatic N) is 1. The van der Waals surface area contributed by atoms with E-state index in [-0.39, 0.29) is 12.4 Å². The fourth-order valence-electron chi connectivity index (χ4n) is 2.28. The summed E-state index contributed by atoms with van der Waals surface area (Å²) in [4.78, 5) is 1.97. The number of nitrogens with one attached hydrogen (secondary N) is 1. The number of alkyl halides is 1. The van der Waals surface area contributed by atoms with Crippen LogP contribution in [0.25, 0.3) is 0 Å². The summed E-state index contributed by atoms with van der Waals surface area (Å²) in [7, 11) is 1.48. The first kappa shape index (κ1) is 16.1. The van der Waals surface area contributed by atoms with Gasteiger partial charge in [0.25, 0.3) is 0 Å². The quantitative estimate of drug-likeness (QED) is 0.920. The Hall–Kier alpha value is -0.910. The molecule has 1 heterocycles. The van der Waals surface area contributed by atoms with Gasteiger partial charge in [-0.15, -0.1) is 12.4 Å². The van der Waals surface area contributed by atoms with E-state index in [1.807, 2.05) is 4.90 Å². The van der Waals surface area contributed by atoms with Gasteiger partial charge in [0, 0.05) is 37.8 Å². The molecule has 6 heteroatoms. The van der Waals surface area contributed by atoms with Crippen LogP contribution in [0.2, 0.25) is 0 Å². The highest BCUT2D eigenvalue weighted by Crippen LogP contribution is 2.27. The third-order valence-corrected chi connectivity index (χ3v) is 3.31. The molecule has 108 valence electrons. The third kappa shape index (κ3) is 3.78. The zero-order valence-corrected chi connectivity index (χ0v) is 11.7. The Balaban J connectivity index is 0.00000180. The second-order valence-electron chi connectivity index (χ2n) is 4.34. The van der Waals surface area contributed by atoms with Gasteiger partial charge in [0.15, 0.2) is 0 Å². The van der Waals surface area contributed by atoms with Gasteiger partial charge in [-0.2, -0.15) is 0 Å². The van der Waals surface area contributed by atoms with Crippen molar-refractivity contribution < 1.29 is 13.5 Å². The van der Waals surface area contributed by atoms with Crippen LogP contribution in [0.4, 0.5) is 8.78 Å². The van der Waals surface area contributed by atoms with E-state index in [2.05, 4.69) is 5.32 Å². The minimum atomic E-state index is -0.580. The molecule has 0 radical (unpaired) electrons. The summed E-state index contributed by atoms with van der Waals surface area (Å²) in [6, 6.07) is 4.09. The van der Waals surface area contributed by atoms with Crippen LogP contribution in [0.3, 0.4) is 0 Å². The molecule has 0 saturated carbocycles. The molecule has 0 aromatic heterocycles. The predicted octanol–water partition coefficient (Wildman–Crippen LogP) is 2.17. The molecule has 2 rings (SSSR count). The van der Waals surface area contributed by atoms with Gasteiger partial charge in [0.05, 0.1) is 13.2 Å². The topological polar surface area (TPSA) is 24.5 Å². The summed E-state index contributed by atoms with van der Waals surface area (Å²) in [5.74, 6) is 0.0460. The monoisotopic (exact) mass is 292 g/mol. The second kappa shape index (κ2) is 7.62. The molecule has 0 amide bonds. The van der Waals surface area contributed by atoms with E-state index >= 15 is 0 Å². The molecule has 1 aromatic rings. The Morgan fingerprint density at radius 1 is 1.37 bits per heavy atom. The first-order chi connectivity index (χ1) is 8.76. The van der Waals surface area contributed by atoms with Crippen molar-refractivity contribution in [2.24, 2.45) is 0 Å². The van der Waals surface area contributed by atoms with Gasteiger partial charge in [-0.1, -0.05) is 6.07 Å². The number of benzene rings is 1. The molecule has 1 aliphatic heterocycles. The number of rotatable bonds is 4. The molecule has 0 aliphatic carbocycles. The maximum atomic E-state index is 13.9. The van der Waals surface area contributed by atoms with Crippen molar-refractivity contribution in [2.45, 2.75) is 6.04 Å². The lowest BCUT2D eigenvalue weighted by Gasteiger charge is -2.33. The highest BCUT2D eigenvalue weighted by atomic mass is 35.5. The molecule has 1 aromatic carbocycles. The highest BCUT2D eigenvalue weighted by molar-refractivity contribution is 5.85. The molecule has 0 spiro atoms. The fourth-order valence-corrected chi connectivity index (χ4v) is 2.28. The average molecular weight is 293 g/mol. The number of hydrogen-bond acceptors (Lipinski definition) is 3. The molecule has 1 fully saturated rings. The molecule has 1 aliphatic rings. The van der Waals surface area contributed by atoms with E-state index in [1.54, 1.807) is 12.1 Å². The van der Waals surface area contributed by atoms with Gasteiger partial charge in [-0.05, 0) is 6.07 Å². The Labute approximate surface area is 118 Å². The van der Waals surface area contributed by atoms with E-state index in [0.29, 0.717) is 11.3 Å². The van der Waals surface area contributed by atoms with Crippen LogP contribution in [0.5, 0.6) is 5.75 Å². The molecule has 0 bridgehead atoms. The number of hydrogen-bond donors (Lipinski definition) is 1. The average Bonchev–Trinajstić information content (AvgIpc) is 2.42. The maximum absolute atomic E-state index is 13.9. The van der Waals surface area contributed by atoms with Crippen molar-refractivity contribution in [3.05, 3.63) is 29.6 Å². The van der Waals surface area contributed by atoms with Crippen molar-refractivity contribution in [3.63, 3.8) is 0 Å². The van der Waals surface area contributed by atoms with Crippen LogP contribution in [0.15, 0.2) is 18.2 Å². The van der Waals surface area contributed by atoms with Crippen molar-refractivity contribution in [1.29, 1.82) is 0 Å². The first-order valence-corrected chi connectivity index (χ1v) is 6.10. The standard InChI is InChI=1S/C13H18F2N2O.ClH/c1-18-10-2-3-11(12(15)8-10)13(9-14)17-6-4-16-5-7-17;/h2-3,8,13,16H,4-7,9H2,1H3;1H/t13-;/m0./s1. The summed E-state index contributed by atoms with van der Waals surface area (Å²) >= 11 is 0. The zero-order valence-electron chi connectivity index (χ0n) is 10.9. The molecule has 1 saturated heterocycles. The molecular formula is C13H19ClF2N2O. The molecule has 1 atom stereocenters. The Bertz CT molecular complexity index is 400. The lowest BCUT2D eigenvalue weighted by Crippen LogP contribution is -2.45. The molecule has 0 unspecified atom stereocenters. The maximum Gasteiger partial charge on any atom is 0.131 e. The van der Waals surface area contributed by atoms with Gasteiger partial charge in [0.2, 0.25) is 0 Å². The van der Waals surface area contributed by atoms with Crippen LogP contribution >= 0.6 is 12.4 Å². The fraction of sp³-hybridized carbons (Fsp3) is 0.538. The van der Waals surface area contributed by atoms with Gasteiger partial charge in [-0.25, -0.2) is 8.78 Å². The van der Waals surface area contributed by atoms with Gasteiger partial charge in [-0.3, -0.25) is 4.90 Å². The van der Waals surface area contributed by atoms with E-state index < -0.39 is 18.5 Å². The molecular weight excluding hydrogens is 274 g/mol. The number of ether oxygens (including phenoxy) is 1. The molecule has 3 nitrogen and oxygen atoms in total. The number of methoxy groups -OCH3 is 1. The van der Waals surface area contributed by atoms with Crippen molar-refractivity contribution in [3.8, 4) is 5.75 Å². The van der Waals surface area contributed by atoms with E-state index in [0.717, 1.165) is 26.2 Å². The van der Waals surface area contributed by atoms with Crippen molar-refractivity contribution >= 4 is 12.4 Å². The Kier molecular flexibility index (Phi) is 6.48. The summed E-state index contributed by atoms with van der Waals surface area (Å²) in [6.45, 7) is 2.52. The lowest BCUT2D eigenvalue weighted by atomic mass is 10.0. The minimum absolute atomic E-state index is 0. The predicted molar refractivity (Wildman–Crippen MR) is 73.4 cm³/mol. The van der Waals surface area contributed by atoms with Crippen LogP contribution in [0.1, 0.15) is 11.6 Å². The summed E-state index contributed by atoms with van der Waals surface area (Å²) < 4.78 is 32.1. The molecule has 19 heavy (non-hydrogen) atoms. The second-order valence-corrected chi connectivity index (χ2v) is 4.34. The minimum Gasteiger partial charge on any atom is -0.497 e. The third-order valence-electron chi connectivity index (χ3n) is 3.31. The van der Waals surface area contributed by atoms with Gasteiger partial charge >= 0.3 is 0 Å². The SMILES string of the molecule is COc1ccc([C@H](CF)N2CCNCC2)c(F)c1.Cl. The Morgan fingerprint density at radius 2 is 2.05 bits per heavy atom. The summed E-state index contributed by atoms with van der Waals surface area (Å²) in [5.41, 5.74) is 0.403. The largest absolute Gasteiger partial charge is 0.497 e. The van der Waals surface area contributed by atoms with Crippen molar-refractivity contribution in [2.75, 3.05) is 40.0 Å². The zero-order chi connectivity index (χ0) is 13.0. The van der Waals surface area contributed by atoms with E-state index in [9.17, 15) is 8.78 Å². The van der Waals surface area contributed by atoms with Gasteiger partial charge in [0.1, 0.15) is 18.2 Å². The normalized spacial score (nSPS) is 17.6. The molecule has 1 N–H and O–H groups in total. The van der Waals surface area contributed by atoms with Crippen molar-refractivity contribution in [1.82, 2.24) is 10.2 Å². The lowest BCUT2D eigenvalue weighted by molar-refractivity contribution is 0.144. The smallest absolute Gasteiger partial charge is 0.131 e. The number of piperazine rings is 1. The highest BCUT2D eigenvalue weighted by Gasteiger charge is 2.24. The van der Waals surface area contributed by atoms with Gasteiger partial charge < -0.3 is 10.1 Å². The van der Waals surface area contributed by atoms with Crippen LogP contribution in [-0.4, -0.2) is 44.9 Å².